The summed E-state index contributed by atoms with van der Waals surface area (Å²) in [4.78, 5) is 0. The molecule has 3 N–H and O–H groups in total. The zero-order chi connectivity index (χ0) is 40.8. The van der Waals surface area contributed by atoms with Gasteiger partial charge in [0.05, 0.1) is 20.5 Å². The Labute approximate surface area is 354 Å². The summed E-state index contributed by atoms with van der Waals surface area (Å²) in [6.45, 7) is 13.6. The first kappa shape index (κ1) is 50.9. The van der Waals surface area contributed by atoms with E-state index in [1.54, 1.807) is 14.2 Å². The number of nitrogens with two attached hydrogens (primary N) is 1. The molecule has 314 valence electrons. The van der Waals surface area contributed by atoms with E-state index in [1.807, 2.05) is 60.7 Å². The Kier molecular flexibility index (Phi) is 25.0. The van der Waals surface area contributed by atoms with Gasteiger partial charge < -0.3 is 28.0 Å². The average molecular weight is 878 g/mol. The van der Waals surface area contributed by atoms with Gasteiger partial charge in [0.2, 0.25) is 0 Å². The Morgan fingerprint density at radius 1 is 0.679 bits per heavy atom. The van der Waals surface area contributed by atoms with Crippen molar-refractivity contribution in [3.8, 4) is 33.8 Å². The topological polar surface area (TPSA) is 98.8 Å². The molecule has 0 saturated heterocycles. The van der Waals surface area contributed by atoms with Crippen molar-refractivity contribution < 1.29 is 42.9 Å². The fourth-order valence-electron chi connectivity index (χ4n) is 6.38. The number of rotatable bonds is 7. The van der Waals surface area contributed by atoms with E-state index >= 15 is 0 Å². The Hall–Kier alpha value is -3.15. The number of para-hydroxylation sites is 1. The van der Waals surface area contributed by atoms with Gasteiger partial charge >= 0.3 is 0 Å². The van der Waals surface area contributed by atoms with Crippen molar-refractivity contribution in [1.29, 1.82) is 0 Å². The summed E-state index contributed by atoms with van der Waals surface area (Å²) >= 11 is 0. The van der Waals surface area contributed by atoms with Crippen molar-refractivity contribution in [2.45, 2.75) is 124 Å². The fourth-order valence-corrected chi connectivity index (χ4v) is 6.38. The molecule has 0 unspecified atom stereocenters. The first-order valence-corrected chi connectivity index (χ1v) is 21.8. The van der Waals surface area contributed by atoms with Gasteiger partial charge in [-0.1, -0.05) is 116 Å². The number of methoxy groups -OCH3 is 2. The van der Waals surface area contributed by atoms with Crippen LogP contribution in [0.2, 0.25) is 0 Å². The molecule has 0 radical (unpaired) electrons. The summed E-state index contributed by atoms with van der Waals surface area (Å²) in [7, 11) is -0.224. The van der Waals surface area contributed by atoms with Crippen molar-refractivity contribution in [1.82, 2.24) is 0 Å². The smallest absolute Gasteiger partial charge is 0.261 e. The molecule has 8 heteroatoms. The maximum atomic E-state index is 9.19. The van der Waals surface area contributed by atoms with Crippen LogP contribution in [0.3, 0.4) is 0 Å². The normalized spacial score (nSPS) is 13.6. The molecule has 0 spiro atoms. The molecular formula is C48H68NO5PdS-3. The molecule has 4 aromatic carbocycles. The van der Waals surface area contributed by atoms with E-state index < -0.39 is 10.1 Å². The maximum absolute atomic E-state index is 9.19. The summed E-state index contributed by atoms with van der Waals surface area (Å²) in [5.74, 6) is 3.12. The number of hydrogen-bond acceptors (Lipinski definition) is 5. The minimum Gasteiger partial charge on any atom is -0.497 e. The molecule has 6 rings (SSSR count). The molecule has 2 fully saturated rings. The average Bonchev–Trinajstić information content (AvgIpc) is 3.19. The molecule has 0 aromatic heterocycles. The Bertz CT molecular complexity index is 1690. The van der Waals surface area contributed by atoms with E-state index in [0.29, 0.717) is 24.0 Å². The third-order valence-electron chi connectivity index (χ3n) is 9.40. The van der Waals surface area contributed by atoms with E-state index in [1.165, 1.54) is 86.5 Å². The van der Waals surface area contributed by atoms with Crippen LogP contribution in [0.15, 0.2) is 78.9 Å². The first-order chi connectivity index (χ1) is 26.2. The van der Waals surface area contributed by atoms with Gasteiger partial charge in [0, 0.05) is 26.0 Å². The standard InChI is InChI=1S/C23H32O2.C12H10N.2C6H11.CH4O3S.Pd/c1-14(2)17-11-19(15(3)4)23(20(12-17)16(5)6)21-13-18(24-7)9-10-22(21)25-8;13-12-9-5-4-8-11(12)10-6-2-1-3-7-10;2*1-2-4-6-5-3-1;1-5(2,3)4;/h9-16H,1-8H3;1-6,8-9H,13H2;2*1H,2-6H2;1H3,(H,2,3,4);/q;3*-1;;. The molecular weight excluding hydrogens is 809 g/mol. The fraction of sp³-hybridized carbons (Fsp3) is 0.458. The summed E-state index contributed by atoms with van der Waals surface area (Å²) in [5, 5.41) is 0. The second-order valence-electron chi connectivity index (χ2n) is 15.1. The second-order valence-corrected chi connectivity index (χ2v) is 16.5. The zero-order valence-corrected chi connectivity index (χ0v) is 37.7. The molecule has 0 bridgehead atoms. The van der Waals surface area contributed by atoms with Crippen molar-refractivity contribution in [3.63, 3.8) is 0 Å². The monoisotopic (exact) mass is 876 g/mol. The van der Waals surface area contributed by atoms with Gasteiger partial charge in [-0.2, -0.15) is 34.1 Å². The van der Waals surface area contributed by atoms with Gasteiger partial charge in [-0.15, -0.1) is 35.9 Å². The van der Waals surface area contributed by atoms with Gasteiger partial charge in [0.15, 0.2) is 0 Å². The van der Waals surface area contributed by atoms with E-state index in [0.717, 1.165) is 33.9 Å². The van der Waals surface area contributed by atoms with Crippen LogP contribution in [0, 0.1) is 18.9 Å². The second kappa shape index (κ2) is 27.5. The van der Waals surface area contributed by atoms with E-state index in [9.17, 15) is 8.42 Å². The molecule has 4 aromatic rings. The summed E-state index contributed by atoms with van der Waals surface area (Å²) in [5.41, 5.74) is 15.3. The predicted octanol–water partition coefficient (Wildman–Crippen LogP) is 13.3. The molecule has 2 aliphatic rings. The molecule has 2 aliphatic carbocycles. The Balaban J connectivity index is 0.000000415. The van der Waals surface area contributed by atoms with Crippen LogP contribution in [0.25, 0.3) is 22.3 Å². The minimum atomic E-state index is -3.67. The van der Waals surface area contributed by atoms with Crippen molar-refractivity contribution in [2.75, 3.05) is 26.2 Å². The van der Waals surface area contributed by atoms with Gasteiger partial charge in [0.1, 0.15) is 11.5 Å². The molecule has 0 amide bonds. The van der Waals surface area contributed by atoms with Crippen LogP contribution < -0.4 is 15.2 Å². The summed E-state index contributed by atoms with van der Waals surface area (Å²) in [6, 6.07) is 29.6. The van der Waals surface area contributed by atoms with Crippen LogP contribution >= 0.6 is 0 Å². The van der Waals surface area contributed by atoms with Crippen LogP contribution in [0.5, 0.6) is 11.5 Å². The predicted molar refractivity (Wildman–Crippen MR) is 235 cm³/mol. The van der Waals surface area contributed by atoms with Gasteiger partial charge in [-0.05, 0) is 70.0 Å². The Morgan fingerprint density at radius 2 is 1.18 bits per heavy atom. The van der Waals surface area contributed by atoms with Crippen molar-refractivity contribution in [2.24, 2.45) is 0 Å². The molecule has 0 heterocycles. The molecule has 56 heavy (non-hydrogen) atoms. The third-order valence-corrected chi connectivity index (χ3v) is 9.40. The van der Waals surface area contributed by atoms with Crippen LogP contribution in [-0.2, 0) is 30.5 Å². The van der Waals surface area contributed by atoms with Crippen molar-refractivity contribution in [3.05, 3.63) is 114 Å². The van der Waals surface area contributed by atoms with Crippen LogP contribution in [0.1, 0.15) is 140 Å². The van der Waals surface area contributed by atoms with E-state index in [2.05, 4.69) is 78.6 Å². The first-order valence-electron chi connectivity index (χ1n) is 19.9. The molecule has 6 nitrogen and oxygen atoms in total. The number of ether oxygens (including phenoxy) is 2. The van der Waals surface area contributed by atoms with Crippen LogP contribution in [0.4, 0.5) is 5.69 Å². The SMILES string of the molecule is COc1ccc(OC)c(-c2c(C(C)C)cc(C(C)C)cc2C(C)C)c1.CS(=O)(=O)O.Nc1ccccc1-c1[c-]cccc1.[CH-]1CCCCC1.[CH-]1CCCCC1.[Pd]. The summed E-state index contributed by atoms with van der Waals surface area (Å²) < 4.78 is 37.0. The maximum Gasteiger partial charge on any atom is 0.261 e. The van der Waals surface area contributed by atoms with Crippen molar-refractivity contribution >= 4 is 15.8 Å². The van der Waals surface area contributed by atoms with Gasteiger partial charge in [-0.3, -0.25) is 4.55 Å². The van der Waals surface area contributed by atoms with Crippen LogP contribution in [-0.4, -0.2) is 33.4 Å². The molecule has 0 aliphatic heterocycles. The van der Waals surface area contributed by atoms with E-state index in [4.69, 9.17) is 19.8 Å². The number of nitrogen functional groups attached to an aromatic ring is 1. The van der Waals surface area contributed by atoms with Gasteiger partial charge in [0.25, 0.3) is 10.1 Å². The molecule has 2 saturated carbocycles. The number of anilines is 1. The minimum absolute atomic E-state index is 0. The van der Waals surface area contributed by atoms with Gasteiger partial charge in [-0.25, -0.2) is 0 Å². The number of hydrogen-bond donors (Lipinski definition) is 2. The largest absolute Gasteiger partial charge is 0.497 e. The van der Waals surface area contributed by atoms with E-state index in [-0.39, 0.29) is 20.4 Å². The zero-order valence-electron chi connectivity index (χ0n) is 35.3. The summed E-state index contributed by atoms with van der Waals surface area (Å²) in [6.07, 6.45) is 19.7. The quantitative estimate of drug-likeness (QED) is 0.0830. The number of benzene rings is 4. The third kappa shape index (κ3) is 19.3. The Morgan fingerprint density at radius 3 is 1.54 bits per heavy atom. The molecule has 0 atom stereocenters.